The number of nitrogens with zero attached hydrogens (tertiary/aromatic N) is 4. The number of hydrogen-bond donors (Lipinski definition) is 3. The number of aryl methyl sites for hydroxylation is 1. The second kappa shape index (κ2) is 15.7. The second-order valence-electron chi connectivity index (χ2n) is 9.47. The van der Waals surface area contributed by atoms with Crippen molar-refractivity contribution in [1.29, 1.82) is 0 Å². The lowest BCUT2D eigenvalue weighted by Crippen LogP contribution is -2.28. The molecule has 2 aliphatic heterocycles. The molecule has 10 nitrogen and oxygen atoms in total. The number of carboxylic acids is 3. The van der Waals surface area contributed by atoms with E-state index in [1.165, 1.54) is 24.7 Å². The van der Waals surface area contributed by atoms with Crippen molar-refractivity contribution in [3.8, 4) is 0 Å². The minimum atomic E-state index is -5.08. The predicted octanol–water partition coefficient (Wildman–Crippen LogP) is 4.02. The first kappa shape index (κ1) is 38.1. The van der Waals surface area contributed by atoms with Gasteiger partial charge in [0.15, 0.2) is 0 Å². The van der Waals surface area contributed by atoms with Crippen LogP contribution in [0.5, 0.6) is 0 Å². The van der Waals surface area contributed by atoms with Gasteiger partial charge in [-0.1, -0.05) is 12.1 Å². The molecule has 3 N–H and O–H groups in total. The molecule has 4 rings (SSSR count). The summed E-state index contributed by atoms with van der Waals surface area (Å²) in [5.74, 6) is -6.91. The average Bonchev–Trinajstić information content (AvgIpc) is 3.53. The number of carbonyl (C=O) groups is 3. The molecule has 0 unspecified atom stereocenters. The van der Waals surface area contributed by atoms with E-state index in [0.29, 0.717) is 0 Å². The lowest BCUT2D eigenvalue weighted by atomic mass is 10.0. The van der Waals surface area contributed by atoms with Crippen LogP contribution in [-0.2, 0) is 34.5 Å². The molecule has 0 saturated carbocycles. The summed E-state index contributed by atoms with van der Waals surface area (Å²) in [6.45, 7) is 6.46. The third-order valence-electron chi connectivity index (χ3n) is 5.82. The van der Waals surface area contributed by atoms with Crippen LogP contribution in [0.15, 0.2) is 36.7 Å². The van der Waals surface area contributed by atoms with Gasteiger partial charge in [-0.05, 0) is 29.5 Å². The van der Waals surface area contributed by atoms with Crippen LogP contribution in [0.2, 0.25) is 0 Å². The van der Waals surface area contributed by atoms with E-state index in [2.05, 4.69) is 21.1 Å². The number of alkyl halides is 9. The maximum Gasteiger partial charge on any atom is 0.490 e. The summed E-state index contributed by atoms with van der Waals surface area (Å²) in [7, 11) is 1.96. The molecule has 2 aliphatic rings. The summed E-state index contributed by atoms with van der Waals surface area (Å²) < 4.78 is 110. The highest BCUT2D eigenvalue weighted by molar-refractivity contribution is 5.73. The SMILES string of the molecule is Cn1cc(CN2C[C@H]3CN(Cc4cccc(F)c4)C[C@H]3C2)cn1.O=C(O)C(F)(F)F.O=C(O)C(F)(F)F.O=C(O)C(F)(F)F. The number of likely N-dealkylation sites (tertiary alicyclic amines) is 2. The molecule has 1 aromatic carbocycles. The smallest absolute Gasteiger partial charge is 0.475 e. The zero-order valence-corrected chi connectivity index (χ0v) is 22.5. The van der Waals surface area contributed by atoms with Crippen LogP contribution in [0.3, 0.4) is 0 Å². The van der Waals surface area contributed by atoms with Crippen molar-refractivity contribution in [2.45, 2.75) is 31.6 Å². The van der Waals surface area contributed by atoms with Crippen molar-refractivity contribution >= 4 is 17.9 Å². The molecule has 0 aliphatic carbocycles. The zero-order valence-electron chi connectivity index (χ0n) is 22.5. The highest BCUT2D eigenvalue weighted by Gasteiger charge is 2.40. The quantitative estimate of drug-likeness (QED) is 0.417. The number of hydrogen-bond acceptors (Lipinski definition) is 6. The molecule has 0 bridgehead atoms. The fourth-order valence-corrected chi connectivity index (χ4v) is 4.15. The Morgan fingerprint density at radius 1 is 0.750 bits per heavy atom. The summed E-state index contributed by atoms with van der Waals surface area (Å²) in [4.78, 5) is 31.7. The maximum atomic E-state index is 13.3. The number of benzene rings is 1. The van der Waals surface area contributed by atoms with E-state index in [-0.39, 0.29) is 5.82 Å². The molecular formula is C24H26F10N4O6. The Morgan fingerprint density at radius 2 is 1.11 bits per heavy atom. The summed E-state index contributed by atoms with van der Waals surface area (Å²) in [6, 6.07) is 6.99. The van der Waals surface area contributed by atoms with Gasteiger partial charge < -0.3 is 15.3 Å². The molecule has 20 heteroatoms. The van der Waals surface area contributed by atoms with Crippen molar-refractivity contribution in [3.63, 3.8) is 0 Å². The van der Waals surface area contributed by atoms with Crippen LogP contribution < -0.4 is 0 Å². The van der Waals surface area contributed by atoms with Gasteiger partial charge in [0.25, 0.3) is 0 Å². The third kappa shape index (κ3) is 14.0. The standard InChI is InChI=1S/C18H23FN4.3C2HF3O2/c1-21-7-15(6-20-21)9-23-12-16-10-22(11-17(16)13-23)8-14-3-2-4-18(19)5-14;3*3-2(4,5)1(6)7/h2-7,16-17H,8-13H2,1H3;3*(H,6,7)/t16-,17+;;;. The Bertz CT molecular complexity index is 1180. The van der Waals surface area contributed by atoms with Gasteiger partial charge in [0.1, 0.15) is 5.82 Å². The first-order valence-electron chi connectivity index (χ1n) is 12.1. The average molecular weight is 656 g/mol. The molecule has 248 valence electrons. The van der Waals surface area contributed by atoms with E-state index in [1.54, 1.807) is 12.1 Å². The van der Waals surface area contributed by atoms with Crippen molar-refractivity contribution < 1.29 is 73.6 Å². The van der Waals surface area contributed by atoms with Crippen LogP contribution in [0.4, 0.5) is 43.9 Å². The number of aliphatic carboxylic acids is 3. The maximum absolute atomic E-state index is 13.3. The fourth-order valence-electron chi connectivity index (χ4n) is 4.15. The molecular weight excluding hydrogens is 630 g/mol. The van der Waals surface area contributed by atoms with Gasteiger partial charge >= 0.3 is 36.4 Å². The first-order chi connectivity index (χ1) is 20.0. The summed E-state index contributed by atoms with van der Waals surface area (Å²) in [5.41, 5.74) is 2.38. The molecule has 2 aromatic rings. The van der Waals surface area contributed by atoms with E-state index < -0.39 is 36.4 Å². The van der Waals surface area contributed by atoms with E-state index in [1.807, 2.05) is 24.0 Å². The van der Waals surface area contributed by atoms with Gasteiger partial charge in [0.05, 0.1) is 6.20 Å². The Balaban J connectivity index is 0.000000379. The number of aromatic nitrogens is 2. The van der Waals surface area contributed by atoms with Crippen LogP contribution in [0.25, 0.3) is 0 Å². The number of halogens is 10. The topological polar surface area (TPSA) is 136 Å². The van der Waals surface area contributed by atoms with Gasteiger partial charge in [0.2, 0.25) is 0 Å². The van der Waals surface area contributed by atoms with Gasteiger partial charge in [-0.2, -0.15) is 44.6 Å². The Morgan fingerprint density at radius 3 is 1.41 bits per heavy atom. The van der Waals surface area contributed by atoms with Crippen LogP contribution in [-0.4, -0.2) is 97.5 Å². The fraction of sp³-hybridized carbons (Fsp3) is 0.500. The number of fused-ring (bicyclic) bond motifs is 1. The second-order valence-corrected chi connectivity index (χ2v) is 9.47. The molecule has 0 radical (unpaired) electrons. The van der Waals surface area contributed by atoms with Crippen LogP contribution >= 0.6 is 0 Å². The highest BCUT2D eigenvalue weighted by Crippen LogP contribution is 2.32. The first-order valence-corrected chi connectivity index (χ1v) is 12.1. The number of carboxylic acid groups (broad SMARTS) is 3. The number of rotatable bonds is 4. The molecule has 2 saturated heterocycles. The summed E-state index contributed by atoms with van der Waals surface area (Å²) in [5, 5.41) is 25.6. The molecule has 0 spiro atoms. The van der Waals surface area contributed by atoms with Crippen molar-refractivity contribution in [2.24, 2.45) is 18.9 Å². The normalized spacial score (nSPS) is 18.5. The molecule has 2 atom stereocenters. The molecule has 0 amide bonds. The van der Waals surface area contributed by atoms with Crippen LogP contribution in [0.1, 0.15) is 11.1 Å². The Hall–Kier alpha value is -3.94. The van der Waals surface area contributed by atoms with E-state index in [0.717, 1.165) is 43.6 Å². The Labute approximate surface area is 242 Å². The summed E-state index contributed by atoms with van der Waals surface area (Å²) >= 11 is 0. The third-order valence-corrected chi connectivity index (χ3v) is 5.82. The van der Waals surface area contributed by atoms with Gasteiger partial charge in [-0.15, -0.1) is 0 Å². The summed E-state index contributed by atoms with van der Waals surface area (Å²) in [6.07, 6.45) is -11.2. The van der Waals surface area contributed by atoms with E-state index >= 15 is 0 Å². The minimum absolute atomic E-state index is 0.135. The highest BCUT2D eigenvalue weighted by atomic mass is 19.4. The molecule has 3 heterocycles. The lowest BCUT2D eigenvalue weighted by molar-refractivity contribution is -0.193. The Kier molecular flexibility index (Phi) is 13.6. The van der Waals surface area contributed by atoms with Crippen LogP contribution in [0, 0.1) is 17.7 Å². The monoisotopic (exact) mass is 656 g/mol. The van der Waals surface area contributed by atoms with E-state index in [9.17, 15) is 43.9 Å². The van der Waals surface area contributed by atoms with Crippen molar-refractivity contribution in [1.82, 2.24) is 19.6 Å². The lowest BCUT2D eigenvalue weighted by Gasteiger charge is -2.21. The predicted molar refractivity (Wildman–Crippen MR) is 128 cm³/mol. The van der Waals surface area contributed by atoms with Crippen molar-refractivity contribution in [2.75, 3.05) is 26.2 Å². The molecule has 1 aromatic heterocycles. The van der Waals surface area contributed by atoms with Gasteiger partial charge in [-0.3, -0.25) is 14.5 Å². The van der Waals surface area contributed by atoms with Gasteiger partial charge in [0, 0.05) is 58.1 Å². The minimum Gasteiger partial charge on any atom is -0.475 e. The van der Waals surface area contributed by atoms with Crippen molar-refractivity contribution in [3.05, 3.63) is 53.6 Å². The molecule has 2 fully saturated rings. The largest absolute Gasteiger partial charge is 0.490 e. The zero-order chi connectivity index (χ0) is 34.0. The molecule has 44 heavy (non-hydrogen) atoms. The van der Waals surface area contributed by atoms with E-state index in [4.69, 9.17) is 29.7 Å². The van der Waals surface area contributed by atoms with Gasteiger partial charge in [-0.25, -0.2) is 18.8 Å².